The van der Waals surface area contributed by atoms with Crippen molar-refractivity contribution in [1.29, 1.82) is 0 Å². The molecule has 4 rings (SSSR count). The Balaban J connectivity index is 1.80. The van der Waals surface area contributed by atoms with Crippen molar-refractivity contribution in [3.8, 4) is 11.3 Å². The number of rotatable bonds is 3. The maximum Gasteiger partial charge on any atom is 0.228 e. The fourth-order valence-electron chi connectivity index (χ4n) is 3.52. The fourth-order valence-corrected chi connectivity index (χ4v) is 3.52. The van der Waals surface area contributed by atoms with E-state index in [4.69, 9.17) is 10.7 Å². The number of aromatic amines is 1. The lowest BCUT2D eigenvalue weighted by Crippen LogP contribution is -2.34. The molecule has 0 unspecified atom stereocenters. The van der Waals surface area contributed by atoms with E-state index in [2.05, 4.69) is 65.1 Å². The highest BCUT2D eigenvalue weighted by Crippen LogP contribution is 2.32. The molecule has 3 N–H and O–H groups in total. The van der Waals surface area contributed by atoms with Gasteiger partial charge in [-0.3, -0.25) is 5.10 Å². The monoisotopic (exact) mass is 350 g/mol. The van der Waals surface area contributed by atoms with E-state index in [-0.39, 0.29) is 0 Å². The number of nitrogens with one attached hydrogen (secondary N) is 1. The fraction of sp³-hybridized carbons (Fsp3) is 0.450. The van der Waals surface area contributed by atoms with Crippen LogP contribution in [0.4, 0.5) is 11.8 Å². The van der Waals surface area contributed by atoms with E-state index in [1.165, 1.54) is 18.4 Å². The van der Waals surface area contributed by atoms with Crippen LogP contribution < -0.4 is 10.6 Å². The van der Waals surface area contributed by atoms with Crippen LogP contribution in [0.2, 0.25) is 0 Å². The highest BCUT2D eigenvalue weighted by molar-refractivity contribution is 5.98. The molecular formula is C20H26N6. The highest BCUT2D eigenvalue weighted by atomic mass is 15.3. The first-order chi connectivity index (χ1) is 12.5. The molecule has 1 aliphatic rings. The van der Waals surface area contributed by atoms with E-state index < -0.39 is 0 Å². The molecule has 1 fully saturated rings. The van der Waals surface area contributed by atoms with Crippen molar-refractivity contribution in [2.24, 2.45) is 5.92 Å². The topological polar surface area (TPSA) is 83.7 Å². The molecule has 1 aliphatic heterocycles. The zero-order valence-electron chi connectivity index (χ0n) is 15.7. The molecule has 26 heavy (non-hydrogen) atoms. The normalized spacial score (nSPS) is 15.9. The molecule has 0 amide bonds. The number of hydrogen-bond donors (Lipinski definition) is 2. The number of nitrogens with two attached hydrogens (primary N) is 1. The van der Waals surface area contributed by atoms with Gasteiger partial charge in [-0.25, -0.2) is 4.98 Å². The van der Waals surface area contributed by atoms with Gasteiger partial charge in [0.2, 0.25) is 5.95 Å². The van der Waals surface area contributed by atoms with E-state index in [0.717, 1.165) is 41.6 Å². The Kier molecular flexibility index (Phi) is 4.26. The zero-order chi connectivity index (χ0) is 18.3. The largest absolute Gasteiger partial charge is 0.383 e. The number of aromatic nitrogens is 4. The second-order valence-electron chi connectivity index (χ2n) is 7.65. The van der Waals surface area contributed by atoms with Crippen molar-refractivity contribution in [2.45, 2.75) is 39.5 Å². The number of H-pyrrole nitrogens is 1. The first kappa shape index (κ1) is 16.8. The van der Waals surface area contributed by atoms with Crippen molar-refractivity contribution >= 4 is 22.8 Å². The minimum atomic E-state index is 0.499. The summed E-state index contributed by atoms with van der Waals surface area (Å²) in [5, 5.41) is 7.96. The molecule has 0 atom stereocenters. The SMILES string of the molecule is CC1CCN(c2nc(-c3ccc(C(C)C)cc3)c3c(N)[nH]nc3n2)CC1. The predicted molar refractivity (Wildman–Crippen MR) is 106 cm³/mol. The van der Waals surface area contributed by atoms with Gasteiger partial charge in [0, 0.05) is 18.7 Å². The summed E-state index contributed by atoms with van der Waals surface area (Å²) in [6.07, 6.45) is 2.34. The number of benzene rings is 1. The van der Waals surface area contributed by atoms with Crippen LogP contribution in [0.1, 0.15) is 45.1 Å². The molecule has 0 saturated carbocycles. The van der Waals surface area contributed by atoms with Crippen LogP contribution in [0.3, 0.4) is 0 Å². The van der Waals surface area contributed by atoms with Crippen molar-refractivity contribution in [3.63, 3.8) is 0 Å². The standard InChI is InChI=1S/C20H26N6/c1-12(2)14-4-6-15(7-5-14)17-16-18(21)24-25-19(16)23-20(22-17)26-10-8-13(3)9-11-26/h4-7,12-13H,8-11H2,1-3H3,(H3,21,22,23,24,25). The zero-order valence-corrected chi connectivity index (χ0v) is 15.7. The molecule has 0 bridgehead atoms. The van der Waals surface area contributed by atoms with Gasteiger partial charge in [-0.2, -0.15) is 10.1 Å². The van der Waals surface area contributed by atoms with Crippen LogP contribution in [0.25, 0.3) is 22.3 Å². The van der Waals surface area contributed by atoms with E-state index in [9.17, 15) is 0 Å². The first-order valence-corrected chi connectivity index (χ1v) is 9.39. The van der Waals surface area contributed by atoms with Gasteiger partial charge >= 0.3 is 0 Å². The van der Waals surface area contributed by atoms with Crippen molar-refractivity contribution in [2.75, 3.05) is 23.7 Å². The van der Waals surface area contributed by atoms with Crippen LogP contribution in [-0.4, -0.2) is 33.3 Å². The number of nitrogens with zero attached hydrogens (tertiary/aromatic N) is 4. The molecule has 0 spiro atoms. The van der Waals surface area contributed by atoms with E-state index in [1.54, 1.807) is 0 Å². The third kappa shape index (κ3) is 3.00. The van der Waals surface area contributed by atoms with Gasteiger partial charge < -0.3 is 10.6 Å². The van der Waals surface area contributed by atoms with Crippen LogP contribution >= 0.6 is 0 Å². The van der Waals surface area contributed by atoms with Gasteiger partial charge in [-0.1, -0.05) is 45.0 Å². The predicted octanol–water partition coefficient (Wildman–Crippen LogP) is 3.96. The Morgan fingerprint density at radius 2 is 1.81 bits per heavy atom. The molecule has 0 radical (unpaired) electrons. The second-order valence-corrected chi connectivity index (χ2v) is 7.65. The summed E-state index contributed by atoms with van der Waals surface area (Å²) in [4.78, 5) is 11.8. The lowest BCUT2D eigenvalue weighted by Gasteiger charge is -2.30. The Morgan fingerprint density at radius 1 is 1.12 bits per heavy atom. The van der Waals surface area contributed by atoms with Crippen molar-refractivity contribution in [3.05, 3.63) is 29.8 Å². The van der Waals surface area contributed by atoms with Crippen LogP contribution in [-0.2, 0) is 0 Å². The van der Waals surface area contributed by atoms with Crippen LogP contribution in [0.15, 0.2) is 24.3 Å². The number of piperidine rings is 1. The molecule has 1 saturated heterocycles. The lowest BCUT2D eigenvalue weighted by molar-refractivity contribution is 0.435. The van der Waals surface area contributed by atoms with E-state index in [0.29, 0.717) is 17.4 Å². The Morgan fingerprint density at radius 3 is 2.46 bits per heavy atom. The first-order valence-electron chi connectivity index (χ1n) is 9.39. The van der Waals surface area contributed by atoms with Gasteiger partial charge in [0.05, 0.1) is 11.1 Å². The molecule has 3 aromatic rings. The molecular weight excluding hydrogens is 324 g/mol. The summed E-state index contributed by atoms with van der Waals surface area (Å²) >= 11 is 0. The minimum Gasteiger partial charge on any atom is -0.383 e. The van der Waals surface area contributed by atoms with E-state index in [1.807, 2.05) is 0 Å². The Bertz CT molecular complexity index is 904. The molecule has 6 nitrogen and oxygen atoms in total. The average molecular weight is 350 g/mol. The van der Waals surface area contributed by atoms with Gasteiger partial charge in [0.15, 0.2) is 5.65 Å². The summed E-state index contributed by atoms with van der Waals surface area (Å²) in [5.74, 6) is 2.53. The summed E-state index contributed by atoms with van der Waals surface area (Å²) in [6.45, 7) is 8.66. The van der Waals surface area contributed by atoms with Crippen LogP contribution in [0.5, 0.6) is 0 Å². The van der Waals surface area contributed by atoms with Gasteiger partial charge in [0.25, 0.3) is 0 Å². The summed E-state index contributed by atoms with van der Waals surface area (Å²) in [6, 6.07) is 8.55. The van der Waals surface area contributed by atoms with Crippen molar-refractivity contribution in [1.82, 2.24) is 20.2 Å². The van der Waals surface area contributed by atoms with Crippen molar-refractivity contribution < 1.29 is 0 Å². The quantitative estimate of drug-likeness (QED) is 0.747. The maximum atomic E-state index is 6.13. The molecule has 6 heteroatoms. The number of nitrogen functional groups attached to an aromatic ring is 1. The summed E-state index contributed by atoms with van der Waals surface area (Å²) in [5.41, 5.74) is 9.97. The average Bonchev–Trinajstić information content (AvgIpc) is 3.03. The van der Waals surface area contributed by atoms with E-state index >= 15 is 0 Å². The molecule has 0 aliphatic carbocycles. The van der Waals surface area contributed by atoms with Gasteiger partial charge in [-0.05, 0) is 30.2 Å². The van der Waals surface area contributed by atoms with Gasteiger partial charge in [0.1, 0.15) is 5.82 Å². The minimum absolute atomic E-state index is 0.499. The third-order valence-corrected chi connectivity index (χ3v) is 5.35. The molecule has 3 heterocycles. The van der Waals surface area contributed by atoms with Crippen LogP contribution in [0, 0.1) is 5.92 Å². The number of hydrogen-bond acceptors (Lipinski definition) is 5. The molecule has 1 aromatic carbocycles. The second kappa shape index (κ2) is 6.59. The third-order valence-electron chi connectivity index (χ3n) is 5.35. The highest BCUT2D eigenvalue weighted by Gasteiger charge is 2.22. The number of anilines is 2. The van der Waals surface area contributed by atoms with Gasteiger partial charge in [-0.15, -0.1) is 0 Å². The summed E-state index contributed by atoms with van der Waals surface area (Å²) < 4.78 is 0. The Labute approximate surface area is 153 Å². The molecule has 2 aromatic heterocycles. The lowest BCUT2D eigenvalue weighted by atomic mass is 9.99. The smallest absolute Gasteiger partial charge is 0.228 e. The molecule has 136 valence electrons. The summed E-state index contributed by atoms with van der Waals surface area (Å²) in [7, 11) is 0. The maximum absolute atomic E-state index is 6.13. The number of fused-ring (bicyclic) bond motifs is 1. The Hall–Kier alpha value is -2.63.